The van der Waals surface area contributed by atoms with Crippen LogP contribution < -0.4 is 10.0 Å². The second kappa shape index (κ2) is 11.8. The van der Waals surface area contributed by atoms with E-state index in [2.05, 4.69) is 10.0 Å². The lowest BCUT2D eigenvalue weighted by Crippen LogP contribution is -2.43. The molecule has 0 aliphatic heterocycles. The van der Waals surface area contributed by atoms with E-state index in [0.29, 0.717) is 30.2 Å². The molecule has 0 heterocycles. The van der Waals surface area contributed by atoms with E-state index in [-0.39, 0.29) is 17.3 Å². The summed E-state index contributed by atoms with van der Waals surface area (Å²) in [5, 5.41) is 3.16. The van der Waals surface area contributed by atoms with Gasteiger partial charge in [-0.25, -0.2) is 8.42 Å². The molecule has 1 unspecified atom stereocenters. The largest absolute Gasteiger partial charge is 0.466 e. The molecule has 0 radical (unpaired) electrons. The number of benzene rings is 2. The van der Waals surface area contributed by atoms with Crippen molar-refractivity contribution in [3.05, 3.63) is 59.1 Å². The Hall–Kier alpha value is -2.42. The Bertz CT molecular complexity index is 976. The summed E-state index contributed by atoms with van der Waals surface area (Å²) in [5.41, 5.74) is 1.26. The van der Waals surface area contributed by atoms with Crippen LogP contribution in [-0.4, -0.2) is 32.9 Å². The number of esters is 1. The third kappa shape index (κ3) is 7.97. The van der Waals surface area contributed by atoms with E-state index in [1.165, 1.54) is 24.3 Å². The van der Waals surface area contributed by atoms with Gasteiger partial charge in [-0.2, -0.15) is 4.72 Å². The van der Waals surface area contributed by atoms with E-state index in [4.69, 9.17) is 16.3 Å². The molecule has 0 spiro atoms. The summed E-state index contributed by atoms with van der Waals surface area (Å²) in [7, 11) is -3.89. The second-order valence-corrected chi connectivity index (χ2v) is 9.09. The summed E-state index contributed by atoms with van der Waals surface area (Å²) in [6.45, 7) is 4.02. The maximum absolute atomic E-state index is 12.8. The van der Waals surface area contributed by atoms with Crippen molar-refractivity contribution >= 4 is 39.2 Å². The highest BCUT2D eigenvalue weighted by molar-refractivity contribution is 7.89. The van der Waals surface area contributed by atoms with Crippen LogP contribution in [0.15, 0.2) is 53.4 Å². The van der Waals surface area contributed by atoms with Gasteiger partial charge in [-0.1, -0.05) is 43.5 Å². The molecule has 0 bridgehead atoms. The average molecular weight is 467 g/mol. The maximum atomic E-state index is 12.8. The van der Waals surface area contributed by atoms with Gasteiger partial charge < -0.3 is 10.1 Å². The fraction of sp³-hybridized carbons (Fsp3) is 0.364. The Morgan fingerprint density at radius 3 is 2.26 bits per heavy atom. The van der Waals surface area contributed by atoms with Crippen molar-refractivity contribution in [2.24, 2.45) is 0 Å². The first-order valence-corrected chi connectivity index (χ1v) is 11.9. The lowest BCUT2D eigenvalue weighted by Gasteiger charge is -2.18. The van der Waals surface area contributed by atoms with Crippen molar-refractivity contribution in [2.45, 2.75) is 50.5 Å². The van der Waals surface area contributed by atoms with Crippen molar-refractivity contribution in [3.63, 3.8) is 0 Å². The number of carbonyl (C=O) groups is 2. The molecule has 168 valence electrons. The lowest BCUT2D eigenvalue weighted by atomic mass is 10.1. The predicted octanol–water partition coefficient (Wildman–Crippen LogP) is 3.92. The number of hydrogen-bond acceptors (Lipinski definition) is 5. The zero-order valence-electron chi connectivity index (χ0n) is 17.6. The second-order valence-electron chi connectivity index (χ2n) is 6.94. The number of rotatable bonds is 11. The number of amides is 1. The summed E-state index contributed by atoms with van der Waals surface area (Å²) < 4.78 is 32.8. The number of halogens is 1. The summed E-state index contributed by atoms with van der Waals surface area (Å²) in [5.74, 6) is -0.778. The normalized spacial score (nSPS) is 12.2. The topological polar surface area (TPSA) is 102 Å². The van der Waals surface area contributed by atoms with Crippen molar-refractivity contribution < 1.29 is 22.7 Å². The van der Waals surface area contributed by atoms with E-state index in [9.17, 15) is 18.0 Å². The van der Waals surface area contributed by atoms with Gasteiger partial charge in [0.1, 0.15) is 6.04 Å². The van der Waals surface area contributed by atoms with E-state index in [1.807, 2.05) is 6.92 Å². The Morgan fingerprint density at radius 2 is 1.68 bits per heavy atom. The number of sulfonamides is 1. The number of anilines is 1. The number of hydrogen-bond donors (Lipinski definition) is 2. The zero-order valence-corrected chi connectivity index (χ0v) is 19.1. The molecule has 2 aromatic rings. The molecule has 0 saturated carbocycles. The molecule has 0 aliphatic carbocycles. The van der Waals surface area contributed by atoms with Crippen LogP contribution in [0.25, 0.3) is 0 Å². The first-order valence-electron chi connectivity index (χ1n) is 10.1. The number of ether oxygens (including phenoxy) is 1. The van der Waals surface area contributed by atoms with Gasteiger partial charge in [0.25, 0.3) is 0 Å². The molecule has 0 aromatic heterocycles. The van der Waals surface area contributed by atoms with Gasteiger partial charge in [0.2, 0.25) is 15.9 Å². The van der Waals surface area contributed by atoms with Gasteiger partial charge >= 0.3 is 5.97 Å². The van der Waals surface area contributed by atoms with Crippen LogP contribution in [0, 0.1) is 0 Å². The Balaban J connectivity index is 2.08. The summed E-state index contributed by atoms with van der Waals surface area (Å²) >= 11 is 5.83. The van der Waals surface area contributed by atoms with Gasteiger partial charge in [0.15, 0.2) is 0 Å². The zero-order chi connectivity index (χ0) is 22.9. The smallest absolute Gasteiger partial charge is 0.310 e. The van der Waals surface area contributed by atoms with Crippen LogP contribution in [0.5, 0.6) is 0 Å². The third-order valence-corrected chi connectivity index (χ3v) is 6.20. The maximum Gasteiger partial charge on any atom is 0.310 e. The molecule has 7 nitrogen and oxygen atoms in total. The summed E-state index contributed by atoms with van der Waals surface area (Å²) in [6.07, 6.45) is 1.99. The van der Waals surface area contributed by atoms with E-state index >= 15 is 0 Å². The van der Waals surface area contributed by atoms with Crippen LogP contribution in [0.2, 0.25) is 5.02 Å². The lowest BCUT2D eigenvalue weighted by molar-refractivity contribution is -0.142. The molecular weight excluding hydrogens is 440 g/mol. The van der Waals surface area contributed by atoms with Crippen LogP contribution in [-0.2, 0) is 30.8 Å². The number of carbonyl (C=O) groups excluding carboxylic acids is 2. The fourth-order valence-electron chi connectivity index (χ4n) is 2.83. The molecule has 1 atom stereocenters. The molecule has 1 amide bonds. The monoisotopic (exact) mass is 466 g/mol. The quantitative estimate of drug-likeness (QED) is 0.489. The van der Waals surface area contributed by atoms with E-state index in [1.54, 1.807) is 31.2 Å². The van der Waals surface area contributed by atoms with Gasteiger partial charge in [-0.05, 0) is 55.3 Å². The van der Waals surface area contributed by atoms with Crippen LogP contribution in [0.1, 0.15) is 38.7 Å². The molecule has 0 aliphatic rings. The minimum atomic E-state index is -3.89. The van der Waals surface area contributed by atoms with E-state index < -0.39 is 22.0 Å². The van der Waals surface area contributed by atoms with Gasteiger partial charge in [0.05, 0.1) is 17.9 Å². The molecule has 0 saturated heterocycles. The average Bonchev–Trinajstić information content (AvgIpc) is 2.73. The van der Waals surface area contributed by atoms with Crippen LogP contribution in [0.3, 0.4) is 0 Å². The van der Waals surface area contributed by atoms with Crippen molar-refractivity contribution in [1.29, 1.82) is 0 Å². The van der Waals surface area contributed by atoms with Gasteiger partial charge in [0, 0.05) is 10.7 Å². The highest BCUT2D eigenvalue weighted by Crippen LogP contribution is 2.17. The minimum absolute atomic E-state index is 0.0366. The highest BCUT2D eigenvalue weighted by Gasteiger charge is 2.25. The molecule has 0 fully saturated rings. The Morgan fingerprint density at radius 1 is 1.03 bits per heavy atom. The molecule has 2 aromatic carbocycles. The first kappa shape index (κ1) is 24.8. The molecule has 2 N–H and O–H groups in total. The highest BCUT2D eigenvalue weighted by atomic mass is 35.5. The van der Waals surface area contributed by atoms with E-state index in [0.717, 1.165) is 12.0 Å². The van der Waals surface area contributed by atoms with Crippen molar-refractivity contribution in [3.8, 4) is 0 Å². The third-order valence-electron chi connectivity index (χ3n) is 4.46. The summed E-state index contributed by atoms with van der Waals surface area (Å²) in [6, 6.07) is 11.6. The van der Waals surface area contributed by atoms with Crippen molar-refractivity contribution in [1.82, 2.24) is 4.72 Å². The number of unbranched alkanes of at least 4 members (excludes halogenated alkanes) is 1. The Labute approximate surface area is 188 Å². The van der Waals surface area contributed by atoms with Crippen LogP contribution in [0.4, 0.5) is 5.69 Å². The first-order chi connectivity index (χ1) is 14.7. The molecule has 31 heavy (non-hydrogen) atoms. The predicted molar refractivity (Wildman–Crippen MR) is 120 cm³/mol. The molecule has 2 rings (SSSR count). The molecular formula is C22H27ClN2O5S. The Kier molecular flexibility index (Phi) is 9.48. The van der Waals surface area contributed by atoms with Gasteiger partial charge in [-0.15, -0.1) is 0 Å². The molecule has 9 heteroatoms. The van der Waals surface area contributed by atoms with Crippen LogP contribution >= 0.6 is 11.6 Å². The standard InChI is InChI=1S/C22H27ClN2O5S/c1-3-5-6-20(25-31(28,29)19-13-9-17(23)10-14-19)22(27)24-18-11-7-16(8-12-18)15-21(26)30-4-2/h7-14,20,25H,3-6,15H2,1-2H3,(H,24,27). The fourth-order valence-corrected chi connectivity index (χ4v) is 4.19. The SMILES string of the molecule is CCCCC(NS(=O)(=O)c1ccc(Cl)cc1)C(=O)Nc1ccc(CC(=O)OCC)cc1. The summed E-state index contributed by atoms with van der Waals surface area (Å²) in [4.78, 5) is 24.4. The van der Waals surface area contributed by atoms with Crippen molar-refractivity contribution in [2.75, 3.05) is 11.9 Å². The minimum Gasteiger partial charge on any atom is -0.466 e. The van der Waals surface area contributed by atoms with Gasteiger partial charge in [-0.3, -0.25) is 9.59 Å². The number of nitrogens with one attached hydrogen (secondary N) is 2.